The smallest absolute Gasteiger partial charge is 0.169 e. The van der Waals surface area contributed by atoms with Crippen LogP contribution in [0.3, 0.4) is 0 Å². The fraction of sp³-hybridized carbons (Fsp3) is 0.480. The van der Waals surface area contributed by atoms with Crippen molar-refractivity contribution in [2.24, 2.45) is 11.5 Å². The molecule has 0 saturated heterocycles. The maximum absolute atomic E-state index is 13.2. The Kier molecular flexibility index (Phi) is 7.84. The number of rotatable bonds is 9. The van der Waals surface area contributed by atoms with E-state index in [2.05, 4.69) is 11.0 Å². The van der Waals surface area contributed by atoms with Crippen LogP contribution in [-0.2, 0) is 6.42 Å². The van der Waals surface area contributed by atoms with Crippen molar-refractivity contribution >= 4 is 11.5 Å². The van der Waals surface area contributed by atoms with E-state index in [9.17, 15) is 4.79 Å². The van der Waals surface area contributed by atoms with E-state index in [4.69, 9.17) is 11.5 Å². The lowest BCUT2D eigenvalue weighted by atomic mass is 9.92. The molecule has 4 nitrogen and oxygen atoms in total. The van der Waals surface area contributed by atoms with Crippen molar-refractivity contribution in [2.45, 2.75) is 70.0 Å². The lowest BCUT2D eigenvalue weighted by Crippen LogP contribution is -2.46. The molecule has 29 heavy (non-hydrogen) atoms. The molecule has 0 spiro atoms. The van der Waals surface area contributed by atoms with Gasteiger partial charge in [0.05, 0.1) is 0 Å². The molecule has 0 heterocycles. The van der Waals surface area contributed by atoms with Crippen LogP contribution in [0.4, 0.5) is 5.69 Å². The average molecular weight is 394 g/mol. The molecule has 4 N–H and O–H groups in total. The van der Waals surface area contributed by atoms with Gasteiger partial charge < -0.3 is 16.4 Å². The number of anilines is 1. The van der Waals surface area contributed by atoms with Gasteiger partial charge in [-0.05, 0) is 43.9 Å². The Bertz CT molecular complexity index is 769. The molecule has 2 aromatic rings. The first-order valence-corrected chi connectivity index (χ1v) is 11.0. The summed E-state index contributed by atoms with van der Waals surface area (Å²) in [6, 6.07) is 18.5. The summed E-state index contributed by atoms with van der Waals surface area (Å²) in [6.07, 6.45) is 7.29. The number of nitrogens with zero attached hydrogens (tertiary/aromatic N) is 1. The topological polar surface area (TPSA) is 72.3 Å². The van der Waals surface area contributed by atoms with Crippen LogP contribution in [0.1, 0.15) is 61.4 Å². The Hall–Kier alpha value is -2.17. The van der Waals surface area contributed by atoms with Crippen LogP contribution in [0.15, 0.2) is 54.6 Å². The van der Waals surface area contributed by atoms with E-state index < -0.39 is 0 Å². The first kappa shape index (κ1) is 21.5. The lowest BCUT2D eigenvalue weighted by Gasteiger charge is -2.39. The van der Waals surface area contributed by atoms with Gasteiger partial charge in [-0.3, -0.25) is 4.79 Å². The van der Waals surface area contributed by atoms with E-state index >= 15 is 0 Å². The van der Waals surface area contributed by atoms with Gasteiger partial charge in [-0.15, -0.1) is 0 Å². The summed E-state index contributed by atoms with van der Waals surface area (Å²) >= 11 is 0. The van der Waals surface area contributed by atoms with Crippen LogP contribution in [-0.4, -0.2) is 30.5 Å². The van der Waals surface area contributed by atoms with Gasteiger partial charge in [-0.2, -0.15) is 0 Å². The van der Waals surface area contributed by atoms with Gasteiger partial charge in [-0.1, -0.05) is 61.7 Å². The molecule has 1 aliphatic rings. The Balaban J connectivity index is 1.87. The predicted molar refractivity (Wildman–Crippen MR) is 121 cm³/mol. The Labute approximate surface area is 175 Å². The van der Waals surface area contributed by atoms with Gasteiger partial charge in [0.2, 0.25) is 0 Å². The number of Topliss-reactive ketones (excluding diaryl/α,β-unsaturated/α-hetero) is 1. The summed E-state index contributed by atoms with van der Waals surface area (Å²) in [4.78, 5) is 15.6. The first-order valence-electron chi connectivity index (χ1n) is 11.0. The van der Waals surface area contributed by atoms with Crippen molar-refractivity contribution in [2.75, 3.05) is 11.4 Å². The van der Waals surface area contributed by atoms with Crippen molar-refractivity contribution in [1.82, 2.24) is 0 Å². The minimum absolute atomic E-state index is 0.00536. The molecule has 2 unspecified atom stereocenters. The van der Waals surface area contributed by atoms with E-state index in [1.54, 1.807) is 0 Å². The van der Waals surface area contributed by atoms with Gasteiger partial charge in [0, 0.05) is 42.3 Å². The van der Waals surface area contributed by atoms with Crippen LogP contribution in [0, 0.1) is 0 Å². The SMILES string of the molecule is CC(N)CC(N)CN(c1ccccc1C(=O)Cc1ccccc1)C1CCCCC1. The maximum atomic E-state index is 13.2. The molecular weight excluding hydrogens is 358 g/mol. The summed E-state index contributed by atoms with van der Waals surface area (Å²) < 4.78 is 0. The summed E-state index contributed by atoms with van der Waals surface area (Å²) in [5, 5.41) is 0. The molecular formula is C25H35N3O. The molecule has 0 bridgehead atoms. The Morgan fingerprint density at radius 2 is 1.66 bits per heavy atom. The normalized spacial score (nSPS) is 16.9. The molecule has 2 atom stereocenters. The van der Waals surface area contributed by atoms with E-state index in [1.165, 1.54) is 19.3 Å². The third-order valence-corrected chi connectivity index (χ3v) is 5.84. The van der Waals surface area contributed by atoms with Crippen LogP contribution in [0.25, 0.3) is 0 Å². The third kappa shape index (κ3) is 6.15. The van der Waals surface area contributed by atoms with Gasteiger partial charge >= 0.3 is 0 Å². The van der Waals surface area contributed by atoms with Crippen molar-refractivity contribution < 1.29 is 4.79 Å². The van der Waals surface area contributed by atoms with Crippen LogP contribution >= 0.6 is 0 Å². The van der Waals surface area contributed by atoms with Gasteiger partial charge in [-0.25, -0.2) is 0 Å². The molecule has 4 heteroatoms. The van der Waals surface area contributed by atoms with Crippen LogP contribution in [0.5, 0.6) is 0 Å². The number of hydrogen-bond acceptors (Lipinski definition) is 4. The molecule has 0 aliphatic heterocycles. The Morgan fingerprint density at radius 1 is 1.00 bits per heavy atom. The van der Waals surface area contributed by atoms with Gasteiger partial charge in [0.25, 0.3) is 0 Å². The summed E-state index contributed by atoms with van der Waals surface area (Å²) in [7, 11) is 0. The Morgan fingerprint density at radius 3 is 2.34 bits per heavy atom. The van der Waals surface area contributed by atoms with Crippen LogP contribution in [0.2, 0.25) is 0 Å². The quantitative estimate of drug-likeness (QED) is 0.623. The highest BCUT2D eigenvalue weighted by atomic mass is 16.1. The number of nitrogens with two attached hydrogens (primary N) is 2. The zero-order valence-corrected chi connectivity index (χ0v) is 17.6. The molecule has 2 aromatic carbocycles. The van der Waals surface area contributed by atoms with E-state index in [1.807, 2.05) is 55.5 Å². The second-order valence-electron chi connectivity index (χ2n) is 8.52. The third-order valence-electron chi connectivity index (χ3n) is 5.84. The largest absolute Gasteiger partial charge is 0.366 e. The fourth-order valence-electron chi connectivity index (χ4n) is 4.48. The zero-order chi connectivity index (χ0) is 20.6. The molecule has 3 rings (SSSR count). The van der Waals surface area contributed by atoms with Gasteiger partial charge in [0.1, 0.15) is 0 Å². The molecule has 0 aromatic heterocycles. The molecule has 1 saturated carbocycles. The maximum Gasteiger partial charge on any atom is 0.169 e. The number of benzene rings is 2. The van der Waals surface area contributed by atoms with Crippen LogP contribution < -0.4 is 16.4 Å². The number of ketones is 1. The van der Waals surface area contributed by atoms with E-state index in [0.717, 1.165) is 42.6 Å². The van der Waals surface area contributed by atoms with Crippen molar-refractivity contribution in [3.05, 3.63) is 65.7 Å². The van der Waals surface area contributed by atoms with Crippen molar-refractivity contribution in [3.8, 4) is 0 Å². The van der Waals surface area contributed by atoms with Gasteiger partial charge in [0.15, 0.2) is 5.78 Å². The zero-order valence-electron chi connectivity index (χ0n) is 17.6. The summed E-state index contributed by atoms with van der Waals surface area (Å²) in [5.74, 6) is 0.161. The van der Waals surface area contributed by atoms with E-state index in [0.29, 0.717) is 12.5 Å². The highest BCUT2D eigenvalue weighted by Gasteiger charge is 2.26. The second kappa shape index (κ2) is 10.6. The van der Waals surface area contributed by atoms with Crippen molar-refractivity contribution in [1.29, 1.82) is 0 Å². The summed E-state index contributed by atoms with van der Waals surface area (Å²) in [6.45, 7) is 2.74. The minimum atomic E-state index is -0.00536. The van der Waals surface area contributed by atoms with Crippen molar-refractivity contribution in [3.63, 3.8) is 0 Å². The number of para-hydroxylation sites is 1. The van der Waals surface area contributed by atoms with E-state index in [-0.39, 0.29) is 17.9 Å². The first-order chi connectivity index (χ1) is 14.0. The monoisotopic (exact) mass is 393 g/mol. The highest BCUT2D eigenvalue weighted by Crippen LogP contribution is 2.31. The molecule has 156 valence electrons. The molecule has 0 radical (unpaired) electrons. The lowest BCUT2D eigenvalue weighted by molar-refractivity contribution is 0.0993. The second-order valence-corrected chi connectivity index (χ2v) is 8.52. The minimum Gasteiger partial charge on any atom is -0.366 e. The number of carbonyl (C=O) groups is 1. The standard InChI is InChI=1S/C25H35N3O/c1-19(26)16-21(27)18-28(22-12-6-3-7-13-22)24-15-9-8-14-23(24)25(29)17-20-10-4-2-5-11-20/h2,4-5,8-11,14-15,19,21-22H,3,6-7,12-13,16-18,26-27H2,1H3. The predicted octanol–water partition coefficient (Wildman–Crippen LogP) is 4.32. The fourth-order valence-corrected chi connectivity index (χ4v) is 4.48. The number of carbonyl (C=O) groups excluding carboxylic acids is 1. The average Bonchev–Trinajstić information content (AvgIpc) is 2.73. The molecule has 0 amide bonds. The molecule has 1 fully saturated rings. The highest BCUT2D eigenvalue weighted by molar-refractivity contribution is 6.02. The number of hydrogen-bond donors (Lipinski definition) is 2. The summed E-state index contributed by atoms with van der Waals surface area (Å²) in [5.41, 5.74) is 15.3. The molecule has 1 aliphatic carbocycles.